The predicted octanol–water partition coefficient (Wildman–Crippen LogP) is 0.171. The lowest BCUT2D eigenvalue weighted by atomic mass is 10.0. The van der Waals surface area contributed by atoms with Crippen molar-refractivity contribution < 1.29 is 9.47 Å². The van der Waals surface area contributed by atoms with Gasteiger partial charge in [-0.15, -0.1) is 10.2 Å². The number of para-hydroxylation sites is 2. The number of hydrogen-bond acceptors (Lipinski definition) is 6. The topological polar surface area (TPSA) is 98.9 Å². The van der Waals surface area contributed by atoms with Crippen molar-refractivity contribution in [1.82, 2.24) is 20.6 Å². The number of benzene rings is 1. The zero-order chi connectivity index (χ0) is 11.9. The molecular weight excluding hydrogens is 222 g/mol. The van der Waals surface area contributed by atoms with E-state index in [0.29, 0.717) is 17.3 Å². The van der Waals surface area contributed by atoms with Crippen LogP contribution in [0.1, 0.15) is 12.7 Å². The van der Waals surface area contributed by atoms with Crippen molar-refractivity contribution in [1.29, 1.82) is 0 Å². The summed E-state index contributed by atoms with van der Waals surface area (Å²) < 4.78 is 11.4. The Morgan fingerprint density at radius 3 is 2.82 bits per heavy atom. The highest BCUT2D eigenvalue weighted by atomic mass is 16.6. The Labute approximate surface area is 96.9 Å². The van der Waals surface area contributed by atoms with Gasteiger partial charge in [0.1, 0.15) is 0 Å². The Balaban J connectivity index is 2.05. The largest absolute Gasteiger partial charge is 0.470 e. The third kappa shape index (κ3) is 1.43. The van der Waals surface area contributed by atoms with Crippen LogP contribution in [0.4, 0.5) is 0 Å². The van der Waals surface area contributed by atoms with E-state index in [2.05, 4.69) is 20.6 Å². The third-order valence-corrected chi connectivity index (χ3v) is 2.76. The summed E-state index contributed by atoms with van der Waals surface area (Å²) in [6, 6.07) is 7.31. The monoisotopic (exact) mass is 233 g/mol. The van der Waals surface area contributed by atoms with Crippen LogP contribution in [0, 0.1) is 0 Å². The van der Waals surface area contributed by atoms with Crippen molar-refractivity contribution in [3.8, 4) is 11.5 Å². The lowest BCUT2D eigenvalue weighted by Gasteiger charge is -2.37. The van der Waals surface area contributed by atoms with Crippen molar-refractivity contribution >= 4 is 0 Å². The SMILES string of the molecule is CC1(c2nn[nH]n2)Oc2ccccc2OC1N. The summed E-state index contributed by atoms with van der Waals surface area (Å²) in [5.41, 5.74) is 4.99. The zero-order valence-electron chi connectivity index (χ0n) is 9.12. The minimum Gasteiger partial charge on any atom is -0.470 e. The zero-order valence-corrected chi connectivity index (χ0v) is 9.12. The van der Waals surface area contributed by atoms with E-state index in [0.717, 1.165) is 0 Å². The number of fused-ring (bicyclic) bond motifs is 1. The number of nitrogens with zero attached hydrogens (tertiary/aromatic N) is 3. The lowest BCUT2D eigenvalue weighted by molar-refractivity contribution is -0.0624. The molecule has 0 fully saturated rings. The van der Waals surface area contributed by atoms with E-state index in [-0.39, 0.29) is 0 Å². The van der Waals surface area contributed by atoms with Crippen LogP contribution in [0.25, 0.3) is 0 Å². The number of H-pyrrole nitrogens is 1. The molecule has 0 radical (unpaired) electrons. The fraction of sp³-hybridized carbons (Fsp3) is 0.300. The van der Waals surface area contributed by atoms with E-state index in [4.69, 9.17) is 15.2 Å². The van der Waals surface area contributed by atoms with Gasteiger partial charge in [0, 0.05) is 0 Å². The summed E-state index contributed by atoms with van der Waals surface area (Å²) in [4.78, 5) is 0. The first-order valence-corrected chi connectivity index (χ1v) is 5.14. The highest BCUT2D eigenvalue weighted by molar-refractivity contribution is 5.42. The Bertz CT molecular complexity index is 529. The molecule has 1 aliphatic heterocycles. The second-order valence-corrected chi connectivity index (χ2v) is 3.93. The van der Waals surface area contributed by atoms with Gasteiger partial charge < -0.3 is 9.47 Å². The van der Waals surface area contributed by atoms with E-state index in [1.807, 2.05) is 12.1 Å². The van der Waals surface area contributed by atoms with E-state index < -0.39 is 11.8 Å². The molecule has 1 aromatic heterocycles. The van der Waals surface area contributed by atoms with E-state index in [9.17, 15) is 0 Å². The van der Waals surface area contributed by atoms with Crippen molar-refractivity contribution in [2.45, 2.75) is 18.8 Å². The molecule has 0 bridgehead atoms. The molecular formula is C10H11N5O2. The van der Waals surface area contributed by atoms with Gasteiger partial charge in [-0.1, -0.05) is 17.3 Å². The molecule has 7 nitrogen and oxygen atoms in total. The van der Waals surface area contributed by atoms with Crippen LogP contribution in [0.2, 0.25) is 0 Å². The summed E-state index contributed by atoms with van der Waals surface area (Å²) in [6.07, 6.45) is -0.699. The molecule has 0 amide bonds. The quantitative estimate of drug-likeness (QED) is 0.728. The molecule has 3 rings (SSSR count). The average Bonchev–Trinajstić information content (AvgIpc) is 2.84. The van der Waals surface area contributed by atoms with E-state index >= 15 is 0 Å². The number of tetrazole rings is 1. The first-order chi connectivity index (χ1) is 8.20. The van der Waals surface area contributed by atoms with Crippen molar-refractivity contribution in [2.24, 2.45) is 5.73 Å². The van der Waals surface area contributed by atoms with Gasteiger partial charge in [0.2, 0.25) is 11.4 Å². The van der Waals surface area contributed by atoms with Gasteiger partial charge in [0.05, 0.1) is 0 Å². The summed E-state index contributed by atoms with van der Waals surface area (Å²) in [7, 11) is 0. The summed E-state index contributed by atoms with van der Waals surface area (Å²) in [5, 5.41) is 13.7. The van der Waals surface area contributed by atoms with Crippen molar-refractivity contribution in [3.05, 3.63) is 30.1 Å². The smallest absolute Gasteiger partial charge is 0.223 e. The van der Waals surface area contributed by atoms with Crippen LogP contribution in [0.3, 0.4) is 0 Å². The molecule has 2 unspecified atom stereocenters. The van der Waals surface area contributed by atoms with Crippen LogP contribution in [-0.2, 0) is 5.60 Å². The van der Waals surface area contributed by atoms with Crippen LogP contribution in [0.5, 0.6) is 11.5 Å². The Hall–Kier alpha value is -2.15. The molecule has 17 heavy (non-hydrogen) atoms. The maximum absolute atomic E-state index is 5.95. The van der Waals surface area contributed by atoms with Gasteiger partial charge in [-0.25, -0.2) is 0 Å². The van der Waals surface area contributed by atoms with Crippen LogP contribution in [0.15, 0.2) is 24.3 Å². The van der Waals surface area contributed by atoms with Crippen LogP contribution in [-0.4, -0.2) is 26.9 Å². The highest BCUT2D eigenvalue weighted by Crippen LogP contribution is 2.39. The standard InChI is InChI=1S/C10H11N5O2/c1-10(9-12-14-15-13-9)8(11)16-6-4-2-3-5-7(6)17-10/h2-5,8H,11H2,1H3,(H,12,13,14,15). The number of rotatable bonds is 1. The molecule has 0 saturated carbocycles. The van der Waals surface area contributed by atoms with Gasteiger partial charge in [0.15, 0.2) is 17.7 Å². The van der Waals surface area contributed by atoms with Gasteiger partial charge in [-0.05, 0) is 19.1 Å². The second kappa shape index (κ2) is 3.42. The fourth-order valence-electron chi connectivity index (χ4n) is 1.71. The van der Waals surface area contributed by atoms with E-state index in [1.165, 1.54) is 0 Å². The Morgan fingerprint density at radius 1 is 1.35 bits per heavy atom. The van der Waals surface area contributed by atoms with Crippen molar-refractivity contribution in [2.75, 3.05) is 0 Å². The first kappa shape index (κ1) is 10.0. The number of aromatic amines is 1. The van der Waals surface area contributed by atoms with Crippen molar-refractivity contribution in [3.63, 3.8) is 0 Å². The van der Waals surface area contributed by atoms with Gasteiger partial charge in [0.25, 0.3) is 0 Å². The normalized spacial score (nSPS) is 26.8. The maximum Gasteiger partial charge on any atom is 0.223 e. The molecule has 2 aromatic rings. The molecule has 88 valence electrons. The minimum atomic E-state index is -0.957. The number of ether oxygens (including phenoxy) is 2. The first-order valence-electron chi connectivity index (χ1n) is 5.14. The molecule has 0 spiro atoms. The van der Waals surface area contributed by atoms with E-state index in [1.54, 1.807) is 19.1 Å². The lowest BCUT2D eigenvalue weighted by Crippen LogP contribution is -2.54. The molecule has 0 aliphatic carbocycles. The van der Waals surface area contributed by atoms with Crippen LogP contribution < -0.4 is 15.2 Å². The molecule has 1 aromatic carbocycles. The number of nitrogens with one attached hydrogen (secondary N) is 1. The molecule has 3 N–H and O–H groups in total. The Morgan fingerprint density at radius 2 is 2.12 bits per heavy atom. The summed E-state index contributed by atoms with van der Waals surface area (Å²) in [6.45, 7) is 1.76. The van der Waals surface area contributed by atoms with Crippen LogP contribution >= 0.6 is 0 Å². The molecule has 2 atom stereocenters. The molecule has 2 heterocycles. The Kier molecular flexibility index (Phi) is 2.02. The van der Waals surface area contributed by atoms with Gasteiger partial charge in [-0.3, -0.25) is 5.73 Å². The molecule has 7 heteroatoms. The maximum atomic E-state index is 5.95. The molecule has 1 aliphatic rings. The minimum absolute atomic E-state index is 0.361. The second-order valence-electron chi connectivity index (χ2n) is 3.93. The average molecular weight is 233 g/mol. The number of nitrogens with two attached hydrogens (primary N) is 1. The highest BCUT2D eigenvalue weighted by Gasteiger charge is 2.45. The fourth-order valence-corrected chi connectivity index (χ4v) is 1.71. The molecule has 0 saturated heterocycles. The number of aromatic nitrogens is 4. The predicted molar refractivity (Wildman–Crippen MR) is 57.2 cm³/mol. The summed E-state index contributed by atoms with van der Waals surface area (Å²) in [5.74, 6) is 1.59. The summed E-state index contributed by atoms with van der Waals surface area (Å²) >= 11 is 0. The van der Waals surface area contributed by atoms with Gasteiger partial charge >= 0.3 is 0 Å². The third-order valence-electron chi connectivity index (χ3n) is 2.76. The van der Waals surface area contributed by atoms with Gasteiger partial charge in [-0.2, -0.15) is 5.21 Å². The number of hydrogen-bond donors (Lipinski definition) is 2.